The molecule has 7 nitrogen and oxygen atoms in total. The zero-order chi connectivity index (χ0) is 22.5. The number of aromatic nitrogens is 2. The minimum atomic E-state index is -0.267. The van der Waals surface area contributed by atoms with Crippen molar-refractivity contribution in [1.29, 1.82) is 5.26 Å². The molecule has 9 heteroatoms. The molecule has 0 aliphatic rings. The van der Waals surface area contributed by atoms with E-state index in [1.807, 2.05) is 32.9 Å². The standard InChI is InChI=1S/C22H20BrClN4O3/c1-4-30-19-10-14(9-17(24)20(19)31-8-7-25)12-26-28-21(13(2)3)27-18-6-5-15(23)11-16(18)22(28)29/h5-6,9-13H,4,8H2,1-3H3. The van der Waals surface area contributed by atoms with E-state index in [1.165, 1.54) is 10.9 Å². The SMILES string of the molecule is CCOc1cc(C=Nn2c(C(C)C)nc3ccc(Br)cc3c2=O)cc(Cl)c1OCC#N. The highest BCUT2D eigenvalue weighted by atomic mass is 79.9. The maximum atomic E-state index is 13.1. The average Bonchev–Trinajstić information content (AvgIpc) is 2.73. The molecule has 0 atom stereocenters. The molecule has 0 amide bonds. The predicted octanol–water partition coefficient (Wildman–Crippen LogP) is 5.12. The van der Waals surface area contributed by atoms with Crippen LogP contribution < -0.4 is 15.0 Å². The van der Waals surface area contributed by atoms with Gasteiger partial charge in [-0.25, -0.2) is 4.98 Å². The van der Waals surface area contributed by atoms with Gasteiger partial charge in [-0.1, -0.05) is 41.4 Å². The molecule has 0 bridgehead atoms. The lowest BCUT2D eigenvalue weighted by atomic mass is 10.2. The zero-order valence-corrected chi connectivity index (χ0v) is 19.6. The van der Waals surface area contributed by atoms with E-state index in [9.17, 15) is 4.79 Å². The van der Waals surface area contributed by atoms with Gasteiger partial charge in [-0.15, -0.1) is 0 Å². The summed E-state index contributed by atoms with van der Waals surface area (Å²) < 4.78 is 13.1. The van der Waals surface area contributed by atoms with Gasteiger partial charge in [-0.3, -0.25) is 4.79 Å². The summed E-state index contributed by atoms with van der Waals surface area (Å²) in [4.78, 5) is 17.8. The van der Waals surface area contributed by atoms with E-state index in [0.717, 1.165) is 4.47 Å². The average molecular weight is 504 g/mol. The van der Waals surface area contributed by atoms with Crippen LogP contribution in [0.5, 0.6) is 11.5 Å². The van der Waals surface area contributed by atoms with Crippen LogP contribution in [0.1, 0.15) is 38.1 Å². The van der Waals surface area contributed by atoms with Gasteiger partial charge in [0.25, 0.3) is 5.56 Å². The first-order valence-electron chi connectivity index (χ1n) is 9.58. The fourth-order valence-corrected chi connectivity index (χ4v) is 3.58. The van der Waals surface area contributed by atoms with Crippen LogP contribution in [0, 0.1) is 11.3 Å². The van der Waals surface area contributed by atoms with Crippen LogP contribution in [0.2, 0.25) is 5.02 Å². The van der Waals surface area contributed by atoms with Gasteiger partial charge in [-0.2, -0.15) is 15.0 Å². The fourth-order valence-electron chi connectivity index (χ4n) is 2.95. The van der Waals surface area contributed by atoms with Gasteiger partial charge in [-0.05, 0) is 42.8 Å². The normalized spacial score (nSPS) is 11.3. The van der Waals surface area contributed by atoms with Crippen LogP contribution >= 0.6 is 27.5 Å². The minimum absolute atomic E-state index is 0.0257. The molecule has 160 valence electrons. The van der Waals surface area contributed by atoms with Gasteiger partial charge in [0.1, 0.15) is 11.9 Å². The van der Waals surface area contributed by atoms with Crippen molar-refractivity contribution in [2.75, 3.05) is 13.2 Å². The van der Waals surface area contributed by atoms with E-state index in [-0.39, 0.29) is 23.1 Å². The second kappa shape index (κ2) is 9.94. The largest absolute Gasteiger partial charge is 0.490 e. The van der Waals surface area contributed by atoms with Crippen molar-refractivity contribution in [3.63, 3.8) is 0 Å². The maximum Gasteiger partial charge on any atom is 0.282 e. The van der Waals surface area contributed by atoms with E-state index in [4.69, 9.17) is 26.3 Å². The molecule has 0 saturated heterocycles. The number of rotatable bonds is 7. The lowest BCUT2D eigenvalue weighted by molar-refractivity contribution is 0.299. The number of nitriles is 1. The van der Waals surface area contributed by atoms with Gasteiger partial charge in [0.05, 0.1) is 28.7 Å². The Morgan fingerprint density at radius 2 is 2.10 bits per heavy atom. The van der Waals surface area contributed by atoms with Crippen LogP contribution in [0.25, 0.3) is 10.9 Å². The second-order valence-electron chi connectivity index (χ2n) is 6.86. The molecule has 0 unspecified atom stereocenters. The Kier molecular flexibility index (Phi) is 7.31. The Balaban J connectivity index is 2.10. The fraction of sp³-hybridized carbons (Fsp3) is 0.273. The van der Waals surface area contributed by atoms with E-state index in [0.29, 0.717) is 40.4 Å². The molecular formula is C22H20BrClN4O3. The van der Waals surface area contributed by atoms with Crippen molar-refractivity contribution in [3.8, 4) is 17.6 Å². The third-order valence-electron chi connectivity index (χ3n) is 4.28. The van der Waals surface area contributed by atoms with E-state index >= 15 is 0 Å². The summed E-state index contributed by atoms with van der Waals surface area (Å²) in [6.07, 6.45) is 1.52. The van der Waals surface area contributed by atoms with Crippen LogP contribution in [-0.2, 0) is 0 Å². The van der Waals surface area contributed by atoms with E-state index < -0.39 is 0 Å². The lowest BCUT2D eigenvalue weighted by Gasteiger charge is -2.13. The van der Waals surface area contributed by atoms with Crippen molar-refractivity contribution in [1.82, 2.24) is 9.66 Å². The first-order valence-corrected chi connectivity index (χ1v) is 10.8. The Morgan fingerprint density at radius 1 is 1.32 bits per heavy atom. The highest BCUT2D eigenvalue weighted by Gasteiger charge is 2.15. The molecule has 0 aliphatic carbocycles. The Morgan fingerprint density at radius 3 is 2.77 bits per heavy atom. The Hall–Kier alpha value is -2.89. The number of benzene rings is 2. The molecule has 31 heavy (non-hydrogen) atoms. The lowest BCUT2D eigenvalue weighted by Crippen LogP contribution is -2.23. The molecule has 1 heterocycles. The quantitative estimate of drug-likeness (QED) is 0.418. The van der Waals surface area contributed by atoms with Crippen molar-refractivity contribution in [2.45, 2.75) is 26.7 Å². The van der Waals surface area contributed by atoms with Crippen LogP contribution in [0.4, 0.5) is 0 Å². The molecule has 3 aromatic rings. The number of nitrogens with zero attached hydrogens (tertiary/aromatic N) is 4. The number of hydrogen-bond donors (Lipinski definition) is 0. The zero-order valence-electron chi connectivity index (χ0n) is 17.2. The summed E-state index contributed by atoms with van der Waals surface area (Å²) in [5.41, 5.74) is 0.953. The van der Waals surface area contributed by atoms with Crippen molar-refractivity contribution in [2.24, 2.45) is 5.10 Å². The number of ether oxygens (including phenoxy) is 2. The highest BCUT2D eigenvalue weighted by Crippen LogP contribution is 2.36. The molecule has 3 rings (SSSR count). The van der Waals surface area contributed by atoms with Crippen LogP contribution in [-0.4, -0.2) is 29.1 Å². The number of fused-ring (bicyclic) bond motifs is 1. The summed E-state index contributed by atoms with van der Waals surface area (Å²) >= 11 is 9.73. The van der Waals surface area contributed by atoms with Crippen molar-refractivity contribution in [3.05, 3.63) is 61.6 Å². The molecule has 0 N–H and O–H groups in total. The Labute approximate surface area is 193 Å². The highest BCUT2D eigenvalue weighted by molar-refractivity contribution is 9.10. The topological polar surface area (TPSA) is 89.5 Å². The monoisotopic (exact) mass is 502 g/mol. The maximum absolute atomic E-state index is 13.1. The Bertz CT molecular complexity index is 1250. The first kappa shape index (κ1) is 22.8. The third-order valence-corrected chi connectivity index (χ3v) is 5.06. The molecule has 2 aromatic carbocycles. The summed E-state index contributed by atoms with van der Waals surface area (Å²) in [6.45, 7) is 5.96. The van der Waals surface area contributed by atoms with Gasteiger partial charge >= 0.3 is 0 Å². The van der Waals surface area contributed by atoms with Gasteiger partial charge in [0.15, 0.2) is 18.1 Å². The third kappa shape index (κ3) is 5.06. The molecule has 1 aromatic heterocycles. The smallest absolute Gasteiger partial charge is 0.282 e. The summed E-state index contributed by atoms with van der Waals surface area (Å²) in [7, 11) is 0. The predicted molar refractivity (Wildman–Crippen MR) is 125 cm³/mol. The van der Waals surface area contributed by atoms with E-state index in [2.05, 4.69) is 26.0 Å². The molecule has 0 aliphatic heterocycles. The molecule has 0 spiro atoms. The molecule has 0 saturated carbocycles. The van der Waals surface area contributed by atoms with Gasteiger partial charge in [0.2, 0.25) is 0 Å². The first-order chi connectivity index (χ1) is 14.8. The molecular weight excluding hydrogens is 484 g/mol. The van der Waals surface area contributed by atoms with E-state index in [1.54, 1.807) is 24.3 Å². The summed E-state index contributed by atoms with van der Waals surface area (Å²) in [5.74, 6) is 1.20. The second-order valence-corrected chi connectivity index (χ2v) is 8.18. The molecule has 0 radical (unpaired) electrons. The van der Waals surface area contributed by atoms with Crippen LogP contribution in [0.15, 0.2) is 44.7 Å². The van der Waals surface area contributed by atoms with Crippen molar-refractivity contribution < 1.29 is 9.47 Å². The number of hydrogen-bond acceptors (Lipinski definition) is 6. The molecule has 0 fully saturated rings. The minimum Gasteiger partial charge on any atom is -0.490 e. The number of halogens is 2. The van der Waals surface area contributed by atoms with Crippen LogP contribution in [0.3, 0.4) is 0 Å². The summed E-state index contributed by atoms with van der Waals surface area (Å²) in [6, 6.07) is 10.6. The van der Waals surface area contributed by atoms with Crippen molar-refractivity contribution >= 4 is 44.6 Å². The summed E-state index contributed by atoms with van der Waals surface area (Å²) in [5, 5.41) is 13.9. The van der Waals surface area contributed by atoms with Gasteiger partial charge < -0.3 is 9.47 Å². The van der Waals surface area contributed by atoms with Gasteiger partial charge in [0, 0.05) is 10.4 Å².